The molecule has 5 heteroatoms. The number of alkyl halides is 3. The third kappa shape index (κ3) is 4.17. The molecule has 0 nitrogen and oxygen atoms in total. The lowest BCUT2D eigenvalue weighted by atomic mass is 10.1. The molecule has 0 amide bonds. The molecule has 0 N–H and O–H groups in total. The minimum Gasteiger partial charge on any atom is -0.212 e. The summed E-state index contributed by atoms with van der Waals surface area (Å²) in [6, 6.07) is 2.21. The highest BCUT2D eigenvalue weighted by atomic mass is 19.4. The molecule has 0 bridgehead atoms. The second-order valence-electron chi connectivity index (χ2n) is 3.55. The SMILES string of the molecule is CCC(F)=CCc1cc(F)cc(C(F)(F)F)c1. The Morgan fingerprint density at radius 3 is 2.41 bits per heavy atom. The topological polar surface area (TPSA) is 0 Å². The number of rotatable bonds is 3. The van der Waals surface area contributed by atoms with Crippen LogP contribution in [0.3, 0.4) is 0 Å². The third-order valence-corrected chi connectivity index (χ3v) is 2.18. The summed E-state index contributed by atoms with van der Waals surface area (Å²) in [5.41, 5.74) is -0.960. The van der Waals surface area contributed by atoms with E-state index in [2.05, 4.69) is 0 Å². The van der Waals surface area contributed by atoms with Crippen molar-refractivity contribution in [1.82, 2.24) is 0 Å². The van der Waals surface area contributed by atoms with Crippen LogP contribution >= 0.6 is 0 Å². The van der Waals surface area contributed by atoms with Crippen LogP contribution in [-0.2, 0) is 12.6 Å². The maximum Gasteiger partial charge on any atom is 0.416 e. The average molecular weight is 250 g/mol. The van der Waals surface area contributed by atoms with Gasteiger partial charge in [-0.1, -0.05) is 6.92 Å². The van der Waals surface area contributed by atoms with Gasteiger partial charge in [-0.2, -0.15) is 13.2 Å². The number of hydrogen-bond acceptors (Lipinski definition) is 0. The molecule has 0 radical (unpaired) electrons. The molecule has 0 aliphatic carbocycles. The Balaban J connectivity index is 2.98. The largest absolute Gasteiger partial charge is 0.416 e. The number of hydrogen-bond donors (Lipinski definition) is 0. The van der Waals surface area contributed by atoms with Crippen LogP contribution in [0.2, 0.25) is 0 Å². The predicted molar refractivity (Wildman–Crippen MR) is 54.6 cm³/mol. The summed E-state index contributed by atoms with van der Waals surface area (Å²) >= 11 is 0. The van der Waals surface area contributed by atoms with Gasteiger partial charge in [0.05, 0.1) is 11.4 Å². The quantitative estimate of drug-likeness (QED) is 0.685. The molecular weight excluding hydrogens is 239 g/mol. The maximum absolute atomic E-state index is 12.9. The number of allylic oxidation sites excluding steroid dienone is 2. The van der Waals surface area contributed by atoms with E-state index in [-0.39, 0.29) is 18.4 Å². The maximum atomic E-state index is 12.9. The summed E-state index contributed by atoms with van der Waals surface area (Å²) in [4.78, 5) is 0. The molecule has 0 saturated heterocycles. The molecule has 17 heavy (non-hydrogen) atoms. The lowest BCUT2D eigenvalue weighted by molar-refractivity contribution is -0.137. The van der Waals surface area contributed by atoms with E-state index in [4.69, 9.17) is 0 Å². The molecule has 0 unspecified atom stereocenters. The molecule has 0 atom stereocenters. The molecule has 0 aliphatic rings. The van der Waals surface area contributed by atoms with Crippen LogP contribution in [0.25, 0.3) is 0 Å². The van der Waals surface area contributed by atoms with Crippen molar-refractivity contribution in [2.45, 2.75) is 25.9 Å². The van der Waals surface area contributed by atoms with E-state index in [9.17, 15) is 22.0 Å². The first kappa shape index (κ1) is 13.7. The Kier molecular flexibility index (Phi) is 4.26. The summed E-state index contributed by atoms with van der Waals surface area (Å²) in [5.74, 6) is -1.40. The zero-order valence-corrected chi connectivity index (χ0v) is 9.11. The summed E-state index contributed by atoms with van der Waals surface area (Å²) in [5, 5.41) is 0. The van der Waals surface area contributed by atoms with Crippen molar-refractivity contribution in [3.8, 4) is 0 Å². The number of halogens is 5. The second-order valence-corrected chi connectivity index (χ2v) is 3.55. The van der Waals surface area contributed by atoms with E-state index in [1.54, 1.807) is 6.92 Å². The summed E-state index contributed by atoms with van der Waals surface area (Å²) < 4.78 is 62.8. The lowest BCUT2D eigenvalue weighted by Gasteiger charge is -2.08. The lowest BCUT2D eigenvalue weighted by Crippen LogP contribution is -2.06. The van der Waals surface area contributed by atoms with Crippen molar-refractivity contribution in [1.29, 1.82) is 0 Å². The molecule has 0 spiro atoms. The highest BCUT2D eigenvalue weighted by Gasteiger charge is 2.31. The van der Waals surface area contributed by atoms with E-state index in [1.165, 1.54) is 0 Å². The van der Waals surface area contributed by atoms with Crippen molar-refractivity contribution < 1.29 is 22.0 Å². The van der Waals surface area contributed by atoms with Crippen LogP contribution in [0.5, 0.6) is 0 Å². The molecule has 0 heterocycles. The molecule has 1 aromatic carbocycles. The van der Waals surface area contributed by atoms with Crippen LogP contribution in [0, 0.1) is 5.82 Å². The van der Waals surface area contributed by atoms with Crippen LogP contribution in [0.4, 0.5) is 22.0 Å². The Hall–Kier alpha value is -1.39. The zero-order valence-electron chi connectivity index (χ0n) is 9.11. The van der Waals surface area contributed by atoms with Crippen molar-refractivity contribution in [3.05, 3.63) is 47.0 Å². The molecule has 0 fully saturated rings. The van der Waals surface area contributed by atoms with Crippen LogP contribution in [0.1, 0.15) is 24.5 Å². The molecule has 1 rings (SSSR count). The van der Waals surface area contributed by atoms with Gasteiger partial charge in [-0.15, -0.1) is 0 Å². The number of benzene rings is 1. The van der Waals surface area contributed by atoms with E-state index >= 15 is 0 Å². The predicted octanol–water partition coefficient (Wildman–Crippen LogP) is 4.65. The van der Waals surface area contributed by atoms with Crippen molar-refractivity contribution in [2.24, 2.45) is 0 Å². The van der Waals surface area contributed by atoms with Gasteiger partial charge >= 0.3 is 6.18 Å². The molecule has 1 aromatic rings. The summed E-state index contributed by atoms with van der Waals surface area (Å²) in [7, 11) is 0. The van der Waals surface area contributed by atoms with E-state index in [1.807, 2.05) is 0 Å². The third-order valence-electron chi connectivity index (χ3n) is 2.18. The Bertz CT molecular complexity index is 417. The smallest absolute Gasteiger partial charge is 0.212 e. The Labute approximate surface area is 95.8 Å². The fourth-order valence-electron chi connectivity index (χ4n) is 1.30. The average Bonchev–Trinajstić information content (AvgIpc) is 2.24. The first-order valence-electron chi connectivity index (χ1n) is 5.04. The van der Waals surface area contributed by atoms with E-state index in [0.717, 1.165) is 18.2 Å². The van der Waals surface area contributed by atoms with Crippen LogP contribution in [0.15, 0.2) is 30.1 Å². The van der Waals surface area contributed by atoms with Gasteiger partial charge in [0.1, 0.15) is 5.82 Å². The fraction of sp³-hybridized carbons (Fsp3) is 0.333. The standard InChI is InChI=1S/C12H11F5/c1-2-10(13)4-3-8-5-9(12(15,16)17)7-11(14)6-8/h4-7H,2-3H2,1H3. The van der Waals surface area contributed by atoms with Gasteiger partial charge in [0.15, 0.2) is 0 Å². The van der Waals surface area contributed by atoms with Crippen LogP contribution < -0.4 is 0 Å². The van der Waals surface area contributed by atoms with Gasteiger partial charge in [0.2, 0.25) is 0 Å². The summed E-state index contributed by atoms with van der Waals surface area (Å²) in [6.45, 7) is 1.58. The van der Waals surface area contributed by atoms with Gasteiger partial charge < -0.3 is 0 Å². The molecule has 0 aromatic heterocycles. The van der Waals surface area contributed by atoms with Gasteiger partial charge in [-0.05, 0) is 42.7 Å². The summed E-state index contributed by atoms with van der Waals surface area (Å²) in [6.07, 6.45) is -3.33. The van der Waals surface area contributed by atoms with Gasteiger partial charge in [-0.25, -0.2) is 8.78 Å². The molecular formula is C12H11F5. The van der Waals surface area contributed by atoms with E-state index < -0.39 is 23.4 Å². The highest BCUT2D eigenvalue weighted by molar-refractivity contribution is 5.28. The Morgan fingerprint density at radius 1 is 1.24 bits per heavy atom. The zero-order chi connectivity index (χ0) is 13.1. The molecule has 0 saturated carbocycles. The van der Waals surface area contributed by atoms with Crippen molar-refractivity contribution in [3.63, 3.8) is 0 Å². The minimum absolute atomic E-state index is 0.0550. The van der Waals surface area contributed by atoms with Crippen molar-refractivity contribution in [2.75, 3.05) is 0 Å². The van der Waals surface area contributed by atoms with Gasteiger partial charge in [-0.3, -0.25) is 0 Å². The molecule has 94 valence electrons. The van der Waals surface area contributed by atoms with Gasteiger partial charge in [0.25, 0.3) is 0 Å². The molecule has 0 aliphatic heterocycles. The monoisotopic (exact) mass is 250 g/mol. The fourth-order valence-corrected chi connectivity index (χ4v) is 1.30. The second kappa shape index (κ2) is 5.29. The Morgan fingerprint density at radius 2 is 1.88 bits per heavy atom. The normalized spacial score (nSPS) is 12.9. The highest BCUT2D eigenvalue weighted by Crippen LogP contribution is 2.30. The first-order valence-corrected chi connectivity index (χ1v) is 5.04. The van der Waals surface area contributed by atoms with Crippen LogP contribution in [-0.4, -0.2) is 0 Å². The van der Waals surface area contributed by atoms with E-state index in [0.29, 0.717) is 6.07 Å². The first-order chi connectivity index (χ1) is 7.82. The van der Waals surface area contributed by atoms with Crippen molar-refractivity contribution >= 4 is 0 Å². The van der Waals surface area contributed by atoms with Gasteiger partial charge in [0, 0.05) is 0 Å². The minimum atomic E-state index is -4.59.